The SMILES string of the molecule is CNC(CCc1cccc(C)c1)c1cc(Cl)ccc1OC. The molecule has 2 rings (SSSR count). The summed E-state index contributed by atoms with van der Waals surface area (Å²) in [6.07, 6.45) is 2.01. The van der Waals surface area contributed by atoms with Crippen molar-refractivity contribution >= 4 is 11.6 Å². The van der Waals surface area contributed by atoms with E-state index in [0.29, 0.717) is 0 Å². The highest BCUT2D eigenvalue weighted by atomic mass is 35.5. The topological polar surface area (TPSA) is 21.3 Å². The molecule has 0 saturated heterocycles. The Labute approximate surface area is 132 Å². The molecule has 21 heavy (non-hydrogen) atoms. The van der Waals surface area contributed by atoms with Gasteiger partial charge in [-0.25, -0.2) is 0 Å². The molecule has 1 atom stereocenters. The third kappa shape index (κ3) is 4.23. The van der Waals surface area contributed by atoms with Crippen LogP contribution in [0, 0.1) is 6.92 Å². The van der Waals surface area contributed by atoms with Crippen LogP contribution in [0.3, 0.4) is 0 Å². The van der Waals surface area contributed by atoms with E-state index < -0.39 is 0 Å². The number of halogens is 1. The van der Waals surface area contributed by atoms with Crippen LogP contribution in [0.1, 0.15) is 29.2 Å². The zero-order valence-electron chi connectivity index (χ0n) is 12.8. The van der Waals surface area contributed by atoms with Crippen LogP contribution >= 0.6 is 11.6 Å². The van der Waals surface area contributed by atoms with Crippen molar-refractivity contribution in [2.45, 2.75) is 25.8 Å². The fraction of sp³-hybridized carbons (Fsp3) is 0.333. The van der Waals surface area contributed by atoms with E-state index in [1.54, 1.807) is 7.11 Å². The lowest BCUT2D eigenvalue weighted by atomic mass is 9.97. The third-order valence-electron chi connectivity index (χ3n) is 3.72. The van der Waals surface area contributed by atoms with Crippen molar-refractivity contribution in [3.8, 4) is 5.75 Å². The van der Waals surface area contributed by atoms with Gasteiger partial charge in [-0.05, 0) is 50.6 Å². The van der Waals surface area contributed by atoms with E-state index in [1.165, 1.54) is 11.1 Å². The summed E-state index contributed by atoms with van der Waals surface area (Å²) in [5, 5.41) is 4.10. The van der Waals surface area contributed by atoms with E-state index in [-0.39, 0.29) is 6.04 Å². The first-order chi connectivity index (χ1) is 10.1. The highest BCUT2D eigenvalue weighted by Gasteiger charge is 2.15. The standard InChI is InChI=1S/C18H22ClNO/c1-13-5-4-6-14(11-13)7-9-17(20-2)16-12-15(19)8-10-18(16)21-3/h4-6,8,10-12,17,20H,7,9H2,1-3H3. The Morgan fingerprint density at radius 3 is 2.67 bits per heavy atom. The minimum Gasteiger partial charge on any atom is -0.496 e. The van der Waals surface area contributed by atoms with E-state index in [2.05, 4.69) is 36.5 Å². The van der Waals surface area contributed by atoms with Crippen LogP contribution in [-0.4, -0.2) is 14.2 Å². The molecule has 0 saturated carbocycles. The van der Waals surface area contributed by atoms with Gasteiger partial charge < -0.3 is 10.1 Å². The van der Waals surface area contributed by atoms with Crippen LogP contribution in [0.4, 0.5) is 0 Å². The number of hydrogen-bond acceptors (Lipinski definition) is 2. The van der Waals surface area contributed by atoms with Crippen molar-refractivity contribution in [1.29, 1.82) is 0 Å². The lowest BCUT2D eigenvalue weighted by molar-refractivity contribution is 0.399. The van der Waals surface area contributed by atoms with Gasteiger partial charge in [-0.3, -0.25) is 0 Å². The Morgan fingerprint density at radius 2 is 2.00 bits per heavy atom. The Morgan fingerprint density at radius 1 is 1.19 bits per heavy atom. The second-order valence-electron chi connectivity index (χ2n) is 5.26. The number of ether oxygens (including phenoxy) is 1. The van der Waals surface area contributed by atoms with Gasteiger partial charge in [0, 0.05) is 16.6 Å². The molecule has 0 heterocycles. The number of nitrogens with one attached hydrogen (secondary N) is 1. The number of benzene rings is 2. The van der Waals surface area contributed by atoms with Gasteiger partial charge in [0.05, 0.1) is 7.11 Å². The molecule has 1 N–H and O–H groups in total. The van der Waals surface area contributed by atoms with Gasteiger partial charge in [0.1, 0.15) is 5.75 Å². The molecule has 2 aromatic carbocycles. The van der Waals surface area contributed by atoms with Gasteiger partial charge in [-0.2, -0.15) is 0 Å². The van der Waals surface area contributed by atoms with Crippen molar-refractivity contribution in [2.75, 3.05) is 14.2 Å². The molecule has 0 aromatic heterocycles. The monoisotopic (exact) mass is 303 g/mol. The van der Waals surface area contributed by atoms with Gasteiger partial charge in [0.2, 0.25) is 0 Å². The average Bonchev–Trinajstić information content (AvgIpc) is 2.48. The highest BCUT2D eigenvalue weighted by molar-refractivity contribution is 6.30. The molecule has 1 unspecified atom stereocenters. The predicted octanol–water partition coefficient (Wildman–Crippen LogP) is 4.55. The van der Waals surface area contributed by atoms with Crippen LogP contribution in [-0.2, 0) is 6.42 Å². The normalized spacial score (nSPS) is 12.2. The summed E-state index contributed by atoms with van der Waals surface area (Å²) < 4.78 is 5.46. The summed E-state index contributed by atoms with van der Waals surface area (Å²) in [6, 6.07) is 14.6. The van der Waals surface area contributed by atoms with Gasteiger partial charge in [-0.15, -0.1) is 0 Å². The fourth-order valence-electron chi connectivity index (χ4n) is 2.61. The largest absolute Gasteiger partial charge is 0.496 e. The number of hydrogen-bond donors (Lipinski definition) is 1. The lowest BCUT2D eigenvalue weighted by Gasteiger charge is -2.20. The summed E-state index contributed by atoms with van der Waals surface area (Å²) in [4.78, 5) is 0. The maximum absolute atomic E-state index is 6.13. The van der Waals surface area contributed by atoms with E-state index in [0.717, 1.165) is 29.2 Å². The molecular weight excluding hydrogens is 282 g/mol. The maximum atomic E-state index is 6.13. The second kappa shape index (κ2) is 7.48. The van der Waals surface area contributed by atoms with Crippen molar-refractivity contribution in [3.63, 3.8) is 0 Å². The van der Waals surface area contributed by atoms with Crippen molar-refractivity contribution in [3.05, 3.63) is 64.2 Å². The van der Waals surface area contributed by atoms with Gasteiger partial charge in [0.25, 0.3) is 0 Å². The van der Waals surface area contributed by atoms with E-state index in [1.807, 2.05) is 25.2 Å². The van der Waals surface area contributed by atoms with Crippen molar-refractivity contribution in [2.24, 2.45) is 0 Å². The highest BCUT2D eigenvalue weighted by Crippen LogP contribution is 2.30. The first kappa shape index (κ1) is 15.9. The van der Waals surface area contributed by atoms with Crippen LogP contribution in [0.25, 0.3) is 0 Å². The average molecular weight is 304 g/mol. The number of aryl methyl sites for hydroxylation is 2. The van der Waals surface area contributed by atoms with Crippen LogP contribution in [0.15, 0.2) is 42.5 Å². The number of rotatable bonds is 6. The Balaban J connectivity index is 2.15. The smallest absolute Gasteiger partial charge is 0.123 e. The predicted molar refractivity (Wildman–Crippen MR) is 89.3 cm³/mol. The molecule has 0 aliphatic heterocycles. The third-order valence-corrected chi connectivity index (χ3v) is 3.95. The molecule has 0 spiro atoms. The summed E-state index contributed by atoms with van der Waals surface area (Å²) in [5.74, 6) is 0.878. The lowest BCUT2D eigenvalue weighted by Crippen LogP contribution is -2.18. The Kier molecular flexibility index (Phi) is 5.66. The summed E-state index contributed by atoms with van der Waals surface area (Å²) >= 11 is 6.13. The molecule has 0 radical (unpaired) electrons. The summed E-state index contributed by atoms with van der Waals surface area (Å²) in [7, 11) is 3.67. The Bertz CT molecular complexity index is 598. The zero-order valence-corrected chi connectivity index (χ0v) is 13.6. The maximum Gasteiger partial charge on any atom is 0.123 e. The molecule has 0 aliphatic rings. The molecule has 2 aromatic rings. The van der Waals surface area contributed by atoms with Crippen LogP contribution in [0.2, 0.25) is 5.02 Å². The summed E-state index contributed by atoms with van der Waals surface area (Å²) in [5.41, 5.74) is 3.77. The van der Waals surface area contributed by atoms with Gasteiger partial charge in [-0.1, -0.05) is 41.4 Å². The quantitative estimate of drug-likeness (QED) is 0.845. The minimum atomic E-state index is 0.221. The van der Waals surface area contributed by atoms with Crippen molar-refractivity contribution in [1.82, 2.24) is 5.32 Å². The fourth-order valence-corrected chi connectivity index (χ4v) is 2.79. The molecule has 112 valence electrons. The Hall–Kier alpha value is -1.51. The van der Waals surface area contributed by atoms with Crippen LogP contribution < -0.4 is 10.1 Å². The first-order valence-electron chi connectivity index (χ1n) is 7.20. The van der Waals surface area contributed by atoms with E-state index in [4.69, 9.17) is 16.3 Å². The zero-order chi connectivity index (χ0) is 15.2. The molecule has 0 fully saturated rings. The van der Waals surface area contributed by atoms with Gasteiger partial charge in [0.15, 0.2) is 0 Å². The molecule has 2 nitrogen and oxygen atoms in total. The first-order valence-corrected chi connectivity index (χ1v) is 7.58. The molecule has 3 heteroatoms. The second-order valence-corrected chi connectivity index (χ2v) is 5.69. The van der Waals surface area contributed by atoms with Gasteiger partial charge >= 0.3 is 0 Å². The van der Waals surface area contributed by atoms with E-state index in [9.17, 15) is 0 Å². The number of methoxy groups -OCH3 is 1. The van der Waals surface area contributed by atoms with Crippen molar-refractivity contribution < 1.29 is 4.74 Å². The molecular formula is C18H22ClNO. The molecule has 0 aliphatic carbocycles. The van der Waals surface area contributed by atoms with E-state index >= 15 is 0 Å². The molecule has 0 bridgehead atoms. The minimum absolute atomic E-state index is 0.221. The molecule has 0 amide bonds. The van der Waals surface area contributed by atoms with Crippen LogP contribution in [0.5, 0.6) is 5.75 Å². The summed E-state index contributed by atoms with van der Waals surface area (Å²) in [6.45, 7) is 2.12.